The van der Waals surface area contributed by atoms with Crippen LogP contribution in [0.1, 0.15) is 19.4 Å². The quantitative estimate of drug-likeness (QED) is 0.874. The molecule has 0 aromatic heterocycles. The van der Waals surface area contributed by atoms with Crippen LogP contribution in [-0.4, -0.2) is 19.1 Å². The average molecular weight is 282 g/mol. The molecule has 0 fully saturated rings. The fraction of sp³-hybridized carbons (Fsp3) is 0.294. The molecule has 0 aliphatic rings. The zero-order valence-corrected chi connectivity index (χ0v) is 12.4. The van der Waals surface area contributed by atoms with Crippen molar-refractivity contribution in [3.63, 3.8) is 0 Å². The van der Waals surface area contributed by atoms with Gasteiger partial charge in [0, 0.05) is 16.5 Å². The number of fused-ring (bicyclic) bond motifs is 1. The molecule has 0 saturated carbocycles. The van der Waals surface area contributed by atoms with Crippen molar-refractivity contribution in [2.75, 3.05) is 12.4 Å². The summed E-state index contributed by atoms with van der Waals surface area (Å²) >= 11 is 0. The Kier molecular flexibility index (Phi) is 4.44. The maximum atomic E-state index is 11.9. The number of esters is 1. The van der Waals surface area contributed by atoms with E-state index in [0.717, 1.165) is 16.5 Å². The van der Waals surface area contributed by atoms with Gasteiger partial charge in [-0.25, -0.2) is 4.79 Å². The first-order valence-corrected chi connectivity index (χ1v) is 6.84. The molecule has 0 amide bonds. The predicted molar refractivity (Wildman–Crippen MR) is 82.9 cm³/mol. The first-order valence-electron chi connectivity index (χ1n) is 6.84. The normalized spacial score (nSPS) is 12.0. The third-order valence-corrected chi connectivity index (χ3v) is 3.48. The lowest BCUT2D eigenvalue weighted by Crippen LogP contribution is -2.35. The number of nitriles is 1. The van der Waals surface area contributed by atoms with Gasteiger partial charge in [0.1, 0.15) is 6.04 Å². The van der Waals surface area contributed by atoms with Gasteiger partial charge in [-0.15, -0.1) is 0 Å². The molecule has 0 aliphatic carbocycles. The molecule has 0 radical (unpaired) electrons. The van der Waals surface area contributed by atoms with Crippen LogP contribution in [0.2, 0.25) is 0 Å². The van der Waals surface area contributed by atoms with Crippen molar-refractivity contribution < 1.29 is 9.53 Å². The molecule has 0 spiro atoms. The number of hydrogen-bond donors (Lipinski definition) is 1. The average Bonchev–Trinajstić information content (AvgIpc) is 2.51. The molecule has 0 saturated heterocycles. The number of methoxy groups -OCH3 is 1. The lowest BCUT2D eigenvalue weighted by molar-refractivity contribution is -0.142. The molecule has 2 rings (SSSR count). The summed E-state index contributed by atoms with van der Waals surface area (Å²) in [6.45, 7) is 3.92. The van der Waals surface area contributed by atoms with Crippen molar-refractivity contribution in [1.29, 1.82) is 5.26 Å². The molecule has 0 heterocycles. The van der Waals surface area contributed by atoms with E-state index in [1.165, 1.54) is 7.11 Å². The van der Waals surface area contributed by atoms with Gasteiger partial charge in [-0.05, 0) is 18.1 Å². The summed E-state index contributed by atoms with van der Waals surface area (Å²) in [5, 5.41) is 14.2. The van der Waals surface area contributed by atoms with E-state index in [0.29, 0.717) is 5.56 Å². The molecular weight excluding hydrogens is 264 g/mol. The highest BCUT2D eigenvalue weighted by atomic mass is 16.5. The Hall–Kier alpha value is -2.54. The van der Waals surface area contributed by atoms with Crippen molar-refractivity contribution in [2.45, 2.75) is 19.9 Å². The van der Waals surface area contributed by atoms with Crippen molar-refractivity contribution >= 4 is 22.4 Å². The smallest absolute Gasteiger partial charge is 0.328 e. The number of benzene rings is 2. The Labute approximate surface area is 124 Å². The van der Waals surface area contributed by atoms with Gasteiger partial charge in [-0.2, -0.15) is 5.26 Å². The van der Waals surface area contributed by atoms with Crippen LogP contribution in [0.3, 0.4) is 0 Å². The monoisotopic (exact) mass is 282 g/mol. The van der Waals surface area contributed by atoms with Gasteiger partial charge in [0.05, 0.1) is 18.7 Å². The number of carbonyl (C=O) groups excluding carboxylic acids is 1. The molecule has 2 aromatic carbocycles. The van der Waals surface area contributed by atoms with Crippen LogP contribution in [0, 0.1) is 17.2 Å². The van der Waals surface area contributed by atoms with Gasteiger partial charge in [-0.3, -0.25) is 0 Å². The van der Waals surface area contributed by atoms with E-state index in [1.54, 1.807) is 6.07 Å². The first-order chi connectivity index (χ1) is 10.1. The van der Waals surface area contributed by atoms with E-state index in [9.17, 15) is 10.1 Å². The molecule has 0 bridgehead atoms. The summed E-state index contributed by atoms with van der Waals surface area (Å²) < 4.78 is 4.85. The minimum absolute atomic E-state index is 0.0897. The maximum Gasteiger partial charge on any atom is 0.328 e. The molecule has 4 heteroatoms. The summed E-state index contributed by atoms with van der Waals surface area (Å²) in [5.74, 6) is -0.203. The fourth-order valence-electron chi connectivity index (χ4n) is 2.31. The van der Waals surface area contributed by atoms with E-state index in [-0.39, 0.29) is 11.9 Å². The predicted octanol–water partition coefficient (Wildman–Crippen LogP) is 3.32. The highest BCUT2D eigenvalue weighted by molar-refractivity contribution is 5.98. The van der Waals surface area contributed by atoms with Crippen LogP contribution >= 0.6 is 0 Å². The zero-order chi connectivity index (χ0) is 15.4. The summed E-state index contributed by atoms with van der Waals surface area (Å²) in [6, 6.07) is 13.0. The van der Waals surface area contributed by atoms with E-state index < -0.39 is 6.04 Å². The molecule has 4 nitrogen and oxygen atoms in total. The van der Waals surface area contributed by atoms with Crippen LogP contribution < -0.4 is 5.32 Å². The molecule has 1 unspecified atom stereocenters. The lowest BCUT2D eigenvalue weighted by atomic mass is 10.0. The number of rotatable bonds is 4. The molecule has 1 N–H and O–H groups in total. The third-order valence-electron chi connectivity index (χ3n) is 3.48. The maximum absolute atomic E-state index is 11.9. The lowest BCUT2D eigenvalue weighted by Gasteiger charge is -2.22. The Bertz CT molecular complexity index is 701. The van der Waals surface area contributed by atoms with Gasteiger partial charge in [0.2, 0.25) is 0 Å². The molecule has 108 valence electrons. The van der Waals surface area contributed by atoms with Gasteiger partial charge in [-0.1, -0.05) is 38.1 Å². The molecule has 0 aliphatic heterocycles. The topological polar surface area (TPSA) is 62.1 Å². The molecule has 21 heavy (non-hydrogen) atoms. The van der Waals surface area contributed by atoms with Crippen LogP contribution in [0.5, 0.6) is 0 Å². The van der Waals surface area contributed by atoms with Crippen LogP contribution in [0.4, 0.5) is 5.69 Å². The van der Waals surface area contributed by atoms with E-state index >= 15 is 0 Å². The van der Waals surface area contributed by atoms with E-state index in [4.69, 9.17) is 4.74 Å². The second-order valence-corrected chi connectivity index (χ2v) is 5.21. The summed E-state index contributed by atoms with van der Waals surface area (Å²) in [4.78, 5) is 11.9. The molecule has 1 atom stereocenters. The number of nitrogens with zero attached hydrogens (tertiary/aromatic N) is 1. The van der Waals surface area contributed by atoms with Crippen molar-refractivity contribution in [2.24, 2.45) is 5.92 Å². The van der Waals surface area contributed by atoms with Gasteiger partial charge in [0.25, 0.3) is 0 Å². The van der Waals surface area contributed by atoms with Crippen molar-refractivity contribution in [3.05, 3.63) is 42.0 Å². The van der Waals surface area contributed by atoms with Gasteiger partial charge < -0.3 is 10.1 Å². The number of anilines is 1. The second-order valence-electron chi connectivity index (χ2n) is 5.21. The number of hydrogen-bond acceptors (Lipinski definition) is 4. The fourth-order valence-corrected chi connectivity index (χ4v) is 2.31. The zero-order valence-electron chi connectivity index (χ0n) is 12.4. The Morgan fingerprint density at radius 3 is 2.43 bits per heavy atom. The minimum atomic E-state index is -0.425. The third kappa shape index (κ3) is 2.97. The first kappa shape index (κ1) is 14.9. The molecular formula is C17H18N2O2. The summed E-state index contributed by atoms with van der Waals surface area (Å²) in [5.41, 5.74) is 1.45. The van der Waals surface area contributed by atoms with Crippen molar-refractivity contribution in [3.8, 4) is 6.07 Å². The number of carbonyl (C=O) groups is 1. The van der Waals surface area contributed by atoms with Crippen LogP contribution in [-0.2, 0) is 9.53 Å². The Morgan fingerprint density at radius 1 is 1.19 bits per heavy atom. The van der Waals surface area contributed by atoms with Crippen LogP contribution in [0.25, 0.3) is 10.8 Å². The van der Waals surface area contributed by atoms with Gasteiger partial charge >= 0.3 is 5.97 Å². The standard InChI is InChI=1S/C17H18N2O2/c1-11(2)16(17(20)21-3)19-15-9-8-12(10-18)13-6-4-5-7-14(13)15/h4-9,11,16,19H,1-3H3. The van der Waals surface area contributed by atoms with E-state index in [1.807, 2.05) is 44.2 Å². The number of nitrogens with one attached hydrogen (secondary N) is 1. The highest BCUT2D eigenvalue weighted by Crippen LogP contribution is 2.27. The Morgan fingerprint density at radius 2 is 1.86 bits per heavy atom. The second kappa shape index (κ2) is 6.27. The van der Waals surface area contributed by atoms with Crippen molar-refractivity contribution in [1.82, 2.24) is 0 Å². The Balaban J connectivity index is 2.48. The van der Waals surface area contributed by atoms with Crippen LogP contribution in [0.15, 0.2) is 36.4 Å². The largest absolute Gasteiger partial charge is 0.467 e. The highest BCUT2D eigenvalue weighted by Gasteiger charge is 2.23. The summed E-state index contributed by atoms with van der Waals surface area (Å²) in [7, 11) is 1.39. The molecule has 2 aromatic rings. The minimum Gasteiger partial charge on any atom is -0.467 e. The SMILES string of the molecule is COC(=O)C(Nc1ccc(C#N)c2ccccc12)C(C)C. The summed E-state index contributed by atoms with van der Waals surface area (Å²) in [6.07, 6.45) is 0. The van der Waals surface area contributed by atoms with E-state index in [2.05, 4.69) is 11.4 Å². The van der Waals surface area contributed by atoms with Gasteiger partial charge in [0.15, 0.2) is 0 Å². The number of ether oxygens (including phenoxy) is 1.